The summed E-state index contributed by atoms with van der Waals surface area (Å²) in [6.07, 6.45) is 3.60. The van der Waals surface area contributed by atoms with Crippen LogP contribution in [0.1, 0.15) is 36.7 Å². The smallest absolute Gasteiger partial charge is 0.326 e. The summed E-state index contributed by atoms with van der Waals surface area (Å²) in [7, 11) is 0. The minimum absolute atomic E-state index is 0.260. The fraction of sp³-hybridized carbons (Fsp3) is 0.312. The molecule has 2 N–H and O–H groups in total. The topological polar surface area (TPSA) is 79.3 Å². The molecular formula is C16H18N2O3. The zero-order valence-electron chi connectivity index (χ0n) is 11.9. The van der Waals surface area contributed by atoms with E-state index in [9.17, 15) is 14.7 Å². The summed E-state index contributed by atoms with van der Waals surface area (Å²) >= 11 is 0. The van der Waals surface area contributed by atoms with Crippen molar-refractivity contribution in [3.63, 3.8) is 0 Å². The number of aromatic nitrogens is 1. The zero-order valence-corrected chi connectivity index (χ0v) is 11.9. The summed E-state index contributed by atoms with van der Waals surface area (Å²) < 4.78 is 0. The molecule has 0 aliphatic heterocycles. The van der Waals surface area contributed by atoms with Gasteiger partial charge in [-0.25, -0.2) is 4.79 Å². The number of unbranched alkanes of at least 4 members (excludes halogenated alkanes) is 1. The van der Waals surface area contributed by atoms with Crippen molar-refractivity contribution in [2.45, 2.75) is 32.2 Å². The molecule has 0 bridgehead atoms. The second-order valence-electron chi connectivity index (χ2n) is 4.89. The SMILES string of the molecule is CCCC[C@H](NC(=O)c1nccc2ccccc12)C(=O)O. The number of fused-ring (bicyclic) bond motifs is 1. The van der Waals surface area contributed by atoms with Gasteiger partial charge in [-0.2, -0.15) is 0 Å². The first-order chi connectivity index (χ1) is 10.1. The summed E-state index contributed by atoms with van der Waals surface area (Å²) in [5, 5.41) is 13.4. The number of carbonyl (C=O) groups is 2. The molecule has 0 saturated heterocycles. The molecule has 1 amide bonds. The number of amides is 1. The standard InChI is InChI=1S/C16H18N2O3/c1-2-3-8-13(16(20)21)18-15(19)14-12-7-5-4-6-11(12)9-10-17-14/h4-7,9-10,13H,2-3,8H2,1H3,(H,18,19)(H,20,21)/t13-/m0/s1. The molecule has 0 aliphatic rings. The van der Waals surface area contributed by atoms with Crippen molar-refractivity contribution in [3.05, 3.63) is 42.2 Å². The molecule has 5 heteroatoms. The van der Waals surface area contributed by atoms with E-state index < -0.39 is 17.9 Å². The van der Waals surface area contributed by atoms with Crippen LogP contribution in [0.25, 0.3) is 10.8 Å². The van der Waals surface area contributed by atoms with Gasteiger partial charge in [-0.3, -0.25) is 9.78 Å². The Bertz CT molecular complexity index is 650. The van der Waals surface area contributed by atoms with Crippen molar-refractivity contribution in [1.29, 1.82) is 0 Å². The van der Waals surface area contributed by atoms with Crippen LogP contribution in [-0.4, -0.2) is 28.0 Å². The number of hydrogen-bond acceptors (Lipinski definition) is 3. The van der Waals surface area contributed by atoms with Crippen molar-refractivity contribution >= 4 is 22.6 Å². The Morgan fingerprint density at radius 1 is 1.29 bits per heavy atom. The van der Waals surface area contributed by atoms with Gasteiger partial charge < -0.3 is 10.4 Å². The summed E-state index contributed by atoms with van der Waals surface area (Å²) in [4.78, 5) is 27.6. The molecule has 1 atom stereocenters. The van der Waals surface area contributed by atoms with Gasteiger partial charge in [-0.15, -0.1) is 0 Å². The van der Waals surface area contributed by atoms with Gasteiger partial charge in [0.15, 0.2) is 0 Å². The van der Waals surface area contributed by atoms with Crippen LogP contribution in [0.4, 0.5) is 0 Å². The van der Waals surface area contributed by atoms with Crippen LogP contribution in [0, 0.1) is 0 Å². The molecule has 0 radical (unpaired) electrons. The van der Waals surface area contributed by atoms with Gasteiger partial charge in [0.25, 0.3) is 5.91 Å². The lowest BCUT2D eigenvalue weighted by atomic mass is 10.1. The van der Waals surface area contributed by atoms with E-state index in [1.165, 1.54) is 0 Å². The first-order valence-corrected chi connectivity index (χ1v) is 7.01. The summed E-state index contributed by atoms with van der Waals surface area (Å²) in [5.41, 5.74) is 0.260. The summed E-state index contributed by atoms with van der Waals surface area (Å²) in [6.45, 7) is 1.98. The van der Waals surface area contributed by atoms with E-state index in [4.69, 9.17) is 0 Å². The Hall–Kier alpha value is -2.43. The predicted molar refractivity (Wildman–Crippen MR) is 80.2 cm³/mol. The largest absolute Gasteiger partial charge is 0.480 e. The maximum Gasteiger partial charge on any atom is 0.326 e. The maximum absolute atomic E-state index is 12.3. The number of aliphatic carboxylic acids is 1. The third-order valence-electron chi connectivity index (χ3n) is 3.34. The monoisotopic (exact) mass is 286 g/mol. The highest BCUT2D eigenvalue weighted by Crippen LogP contribution is 2.16. The number of nitrogens with zero attached hydrogens (tertiary/aromatic N) is 1. The molecule has 1 aromatic carbocycles. The molecule has 21 heavy (non-hydrogen) atoms. The molecule has 2 aromatic rings. The van der Waals surface area contributed by atoms with E-state index >= 15 is 0 Å². The molecule has 1 aromatic heterocycles. The van der Waals surface area contributed by atoms with Crippen LogP contribution in [-0.2, 0) is 4.79 Å². The van der Waals surface area contributed by atoms with Crippen LogP contribution in [0.2, 0.25) is 0 Å². The number of carboxylic acids is 1. The second kappa shape index (κ2) is 6.83. The number of benzene rings is 1. The number of carboxylic acid groups (broad SMARTS) is 1. The van der Waals surface area contributed by atoms with Gasteiger partial charge >= 0.3 is 5.97 Å². The van der Waals surface area contributed by atoms with E-state index in [2.05, 4.69) is 10.3 Å². The molecule has 0 unspecified atom stereocenters. The first-order valence-electron chi connectivity index (χ1n) is 7.01. The van der Waals surface area contributed by atoms with E-state index in [0.717, 1.165) is 23.6 Å². The van der Waals surface area contributed by atoms with Crippen LogP contribution in [0.15, 0.2) is 36.5 Å². The summed E-state index contributed by atoms with van der Waals surface area (Å²) in [5.74, 6) is -1.47. The molecule has 110 valence electrons. The van der Waals surface area contributed by atoms with E-state index in [1.54, 1.807) is 12.3 Å². The van der Waals surface area contributed by atoms with E-state index in [1.807, 2.05) is 31.2 Å². The van der Waals surface area contributed by atoms with Crippen LogP contribution >= 0.6 is 0 Å². The van der Waals surface area contributed by atoms with Crippen molar-refractivity contribution < 1.29 is 14.7 Å². The quantitative estimate of drug-likeness (QED) is 0.855. The molecule has 0 aliphatic carbocycles. The lowest BCUT2D eigenvalue weighted by Gasteiger charge is -2.14. The highest BCUT2D eigenvalue weighted by atomic mass is 16.4. The number of pyridine rings is 1. The van der Waals surface area contributed by atoms with E-state index in [-0.39, 0.29) is 5.69 Å². The Morgan fingerprint density at radius 2 is 2.05 bits per heavy atom. The van der Waals surface area contributed by atoms with Crippen LogP contribution in [0.5, 0.6) is 0 Å². The number of carbonyl (C=O) groups excluding carboxylic acids is 1. The Morgan fingerprint density at radius 3 is 2.76 bits per heavy atom. The third kappa shape index (κ3) is 3.56. The lowest BCUT2D eigenvalue weighted by Crippen LogP contribution is -2.41. The van der Waals surface area contributed by atoms with Crippen molar-refractivity contribution in [2.24, 2.45) is 0 Å². The fourth-order valence-corrected chi connectivity index (χ4v) is 2.19. The van der Waals surface area contributed by atoms with Gasteiger partial charge in [0.1, 0.15) is 11.7 Å². The third-order valence-corrected chi connectivity index (χ3v) is 3.34. The average Bonchev–Trinajstić information content (AvgIpc) is 2.50. The minimum atomic E-state index is -1.02. The molecule has 0 fully saturated rings. The maximum atomic E-state index is 12.3. The number of hydrogen-bond donors (Lipinski definition) is 2. The molecular weight excluding hydrogens is 268 g/mol. The van der Waals surface area contributed by atoms with Crippen molar-refractivity contribution in [3.8, 4) is 0 Å². The first kappa shape index (κ1) is 15.0. The normalized spacial score (nSPS) is 12.0. The number of rotatable bonds is 6. The van der Waals surface area contributed by atoms with Crippen LogP contribution in [0.3, 0.4) is 0 Å². The minimum Gasteiger partial charge on any atom is -0.480 e. The molecule has 1 heterocycles. The van der Waals surface area contributed by atoms with Gasteiger partial charge in [-0.1, -0.05) is 44.0 Å². The van der Waals surface area contributed by atoms with Crippen molar-refractivity contribution in [1.82, 2.24) is 10.3 Å². The average molecular weight is 286 g/mol. The Kier molecular flexibility index (Phi) is 4.87. The molecule has 0 saturated carbocycles. The van der Waals surface area contributed by atoms with Crippen molar-refractivity contribution in [2.75, 3.05) is 0 Å². The predicted octanol–water partition coefficient (Wildman–Crippen LogP) is 2.61. The fourth-order valence-electron chi connectivity index (χ4n) is 2.19. The molecule has 5 nitrogen and oxygen atoms in total. The van der Waals surface area contributed by atoms with Gasteiger partial charge in [-0.05, 0) is 17.9 Å². The summed E-state index contributed by atoms with van der Waals surface area (Å²) in [6, 6.07) is 8.34. The molecule has 0 spiro atoms. The Labute approximate surface area is 123 Å². The highest BCUT2D eigenvalue weighted by molar-refractivity contribution is 6.06. The van der Waals surface area contributed by atoms with E-state index in [0.29, 0.717) is 6.42 Å². The second-order valence-corrected chi connectivity index (χ2v) is 4.89. The number of nitrogens with one attached hydrogen (secondary N) is 1. The Balaban J connectivity index is 2.23. The van der Waals surface area contributed by atoms with Gasteiger partial charge in [0.2, 0.25) is 0 Å². The van der Waals surface area contributed by atoms with Gasteiger partial charge in [0.05, 0.1) is 0 Å². The van der Waals surface area contributed by atoms with Gasteiger partial charge in [0, 0.05) is 11.6 Å². The zero-order chi connectivity index (χ0) is 15.2. The molecule has 2 rings (SSSR count). The lowest BCUT2D eigenvalue weighted by molar-refractivity contribution is -0.139. The van der Waals surface area contributed by atoms with Crippen LogP contribution < -0.4 is 5.32 Å². The highest BCUT2D eigenvalue weighted by Gasteiger charge is 2.21.